The van der Waals surface area contributed by atoms with Crippen LogP contribution >= 0.6 is 0 Å². The van der Waals surface area contributed by atoms with Crippen molar-refractivity contribution in [2.75, 3.05) is 13.1 Å². The second-order valence-electron chi connectivity index (χ2n) is 4.56. The zero-order valence-electron chi connectivity index (χ0n) is 11.8. The van der Waals surface area contributed by atoms with E-state index in [1.54, 1.807) is 6.20 Å². The molecule has 5 heteroatoms. The fourth-order valence-electron chi connectivity index (χ4n) is 1.86. The third-order valence-electron chi connectivity index (χ3n) is 2.93. The summed E-state index contributed by atoms with van der Waals surface area (Å²) in [7, 11) is 0. The first-order valence-electron chi connectivity index (χ1n) is 6.92. The first-order valence-corrected chi connectivity index (χ1v) is 6.92. The number of nitrogens with one attached hydrogen (secondary N) is 1. The third kappa shape index (κ3) is 4.12. The molecule has 0 fully saturated rings. The highest BCUT2D eigenvalue weighted by Gasteiger charge is 1.98. The van der Waals surface area contributed by atoms with E-state index in [4.69, 9.17) is 5.73 Å². The van der Waals surface area contributed by atoms with Crippen LogP contribution in [0.4, 0.5) is 0 Å². The fraction of sp³-hybridized carbons (Fsp3) is 0.333. The van der Waals surface area contributed by atoms with E-state index in [-0.39, 0.29) is 0 Å². The van der Waals surface area contributed by atoms with Gasteiger partial charge in [-0.25, -0.2) is 4.68 Å². The second-order valence-corrected chi connectivity index (χ2v) is 4.56. The topological polar surface area (TPSA) is 68.2 Å². The van der Waals surface area contributed by atoms with E-state index in [2.05, 4.69) is 46.6 Å². The summed E-state index contributed by atoms with van der Waals surface area (Å²) in [6, 6.07) is 10.3. The molecule has 1 heterocycles. The highest BCUT2D eigenvalue weighted by molar-refractivity contribution is 5.77. The monoisotopic (exact) mass is 271 g/mol. The zero-order chi connectivity index (χ0) is 14.2. The van der Waals surface area contributed by atoms with Crippen molar-refractivity contribution in [2.24, 2.45) is 10.7 Å². The van der Waals surface area contributed by atoms with E-state index in [9.17, 15) is 0 Å². The molecule has 2 aromatic rings. The Morgan fingerprint density at radius 2 is 2.15 bits per heavy atom. The molecular weight excluding hydrogens is 250 g/mol. The predicted molar refractivity (Wildman–Crippen MR) is 82.1 cm³/mol. The highest BCUT2D eigenvalue weighted by atomic mass is 15.3. The lowest BCUT2D eigenvalue weighted by Crippen LogP contribution is -2.33. The Labute approximate surface area is 119 Å². The summed E-state index contributed by atoms with van der Waals surface area (Å²) in [6.45, 7) is 3.65. The number of nitrogens with zero attached hydrogens (tertiary/aromatic N) is 3. The van der Waals surface area contributed by atoms with Crippen molar-refractivity contribution < 1.29 is 0 Å². The van der Waals surface area contributed by atoms with Crippen LogP contribution in [0, 0.1) is 0 Å². The minimum Gasteiger partial charge on any atom is -0.370 e. The molecule has 0 aliphatic carbocycles. The Kier molecular flexibility index (Phi) is 5.17. The summed E-state index contributed by atoms with van der Waals surface area (Å²) in [4.78, 5) is 4.19. The predicted octanol–water partition coefficient (Wildman–Crippen LogP) is 1.73. The van der Waals surface area contributed by atoms with Crippen molar-refractivity contribution in [1.29, 1.82) is 0 Å². The molecule has 0 bridgehead atoms. The van der Waals surface area contributed by atoms with Gasteiger partial charge < -0.3 is 11.1 Å². The third-order valence-corrected chi connectivity index (χ3v) is 2.93. The summed E-state index contributed by atoms with van der Waals surface area (Å²) in [5.41, 5.74) is 8.07. The quantitative estimate of drug-likeness (QED) is 0.621. The number of aromatic nitrogens is 2. The molecule has 0 unspecified atom stereocenters. The van der Waals surface area contributed by atoms with Crippen LogP contribution in [0.5, 0.6) is 0 Å². The molecule has 0 atom stereocenters. The normalized spacial score (nSPS) is 11.6. The van der Waals surface area contributed by atoms with Crippen molar-refractivity contribution >= 4 is 5.96 Å². The van der Waals surface area contributed by atoms with Crippen LogP contribution in [0.1, 0.15) is 18.9 Å². The maximum atomic E-state index is 5.74. The molecule has 0 saturated carbocycles. The van der Waals surface area contributed by atoms with Crippen LogP contribution < -0.4 is 11.1 Å². The van der Waals surface area contributed by atoms with Crippen molar-refractivity contribution in [3.05, 3.63) is 48.3 Å². The maximum absolute atomic E-state index is 5.74. The van der Waals surface area contributed by atoms with Crippen LogP contribution in [0.3, 0.4) is 0 Å². The lowest BCUT2D eigenvalue weighted by Gasteiger charge is -2.07. The summed E-state index contributed by atoms with van der Waals surface area (Å²) in [6.07, 6.45) is 5.64. The molecular formula is C15H21N5. The molecule has 5 nitrogen and oxygen atoms in total. The number of hydrogen-bond acceptors (Lipinski definition) is 2. The largest absolute Gasteiger partial charge is 0.370 e. The van der Waals surface area contributed by atoms with Gasteiger partial charge in [-0.1, -0.05) is 19.1 Å². The number of hydrogen-bond donors (Lipinski definition) is 2. The Bertz CT molecular complexity index is 528. The molecule has 0 aliphatic rings. The molecule has 2 rings (SSSR count). The summed E-state index contributed by atoms with van der Waals surface area (Å²) < 4.78 is 1.84. The summed E-state index contributed by atoms with van der Waals surface area (Å²) in [5.74, 6) is 0.528. The van der Waals surface area contributed by atoms with Crippen LogP contribution in [0.25, 0.3) is 5.69 Å². The second kappa shape index (κ2) is 7.33. The first kappa shape index (κ1) is 14.1. The fourth-order valence-corrected chi connectivity index (χ4v) is 1.86. The van der Waals surface area contributed by atoms with Gasteiger partial charge in [-0.15, -0.1) is 0 Å². The standard InChI is InChI=1S/C15H21N5/c1-2-9-17-15(16)18-11-8-13-4-6-14(7-5-13)20-12-3-10-19-20/h3-7,10,12H,2,8-9,11H2,1H3,(H3,16,17,18). The molecule has 0 amide bonds. The van der Waals surface area contributed by atoms with Gasteiger partial charge in [0.1, 0.15) is 0 Å². The number of rotatable bonds is 6. The molecule has 0 saturated heterocycles. The Morgan fingerprint density at radius 3 is 2.80 bits per heavy atom. The number of nitrogens with two attached hydrogens (primary N) is 1. The van der Waals surface area contributed by atoms with Crippen LogP contribution in [-0.2, 0) is 6.42 Å². The van der Waals surface area contributed by atoms with Gasteiger partial charge in [-0.2, -0.15) is 5.10 Å². The molecule has 3 N–H and O–H groups in total. The van der Waals surface area contributed by atoms with E-state index in [1.807, 2.05) is 16.9 Å². The first-order chi connectivity index (χ1) is 9.79. The molecule has 106 valence electrons. The molecule has 20 heavy (non-hydrogen) atoms. The van der Waals surface area contributed by atoms with Gasteiger partial charge in [-0.3, -0.25) is 4.99 Å². The smallest absolute Gasteiger partial charge is 0.188 e. The van der Waals surface area contributed by atoms with Gasteiger partial charge in [-0.05, 0) is 36.6 Å². The SMILES string of the molecule is CCCN=C(N)NCCc1ccc(-n2cccn2)cc1. The van der Waals surface area contributed by atoms with Gasteiger partial charge in [0, 0.05) is 25.5 Å². The highest BCUT2D eigenvalue weighted by Crippen LogP contribution is 2.08. The van der Waals surface area contributed by atoms with E-state index in [0.29, 0.717) is 5.96 Å². The number of benzene rings is 1. The van der Waals surface area contributed by atoms with Gasteiger partial charge in [0.15, 0.2) is 5.96 Å². The van der Waals surface area contributed by atoms with Crippen molar-refractivity contribution in [1.82, 2.24) is 15.1 Å². The van der Waals surface area contributed by atoms with Crippen molar-refractivity contribution in [3.8, 4) is 5.69 Å². The minimum absolute atomic E-state index is 0.528. The number of guanidine groups is 1. The molecule has 1 aromatic carbocycles. The van der Waals surface area contributed by atoms with E-state index in [1.165, 1.54) is 5.56 Å². The average molecular weight is 271 g/mol. The zero-order valence-corrected chi connectivity index (χ0v) is 11.8. The van der Waals surface area contributed by atoms with E-state index >= 15 is 0 Å². The Balaban J connectivity index is 1.82. The average Bonchev–Trinajstić information content (AvgIpc) is 3.00. The van der Waals surface area contributed by atoms with Crippen molar-refractivity contribution in [2.45, 2.75) is 19.8 Å². The van der Waals surface area contributed by atoms with E-state index in [0.717, 1.165) is 31.6 Å². The minimum atomic E-state index is 0.528. The lowest BCUT2D eigenvalue weighted by atomic mass is 10.1. The van der Waals surface area contributed by atoms with Gasteiger partial charge in [0.05, 0.1) is 5.69 Å². The summed E-state index contributed by atoms with van der Waals surface area (Å²) in [5, 5.41) is 7.32. The molecule has 0 spiro atoms. The van der Waals surface area contributed by atoms with Gasteiger partial charge in [0.25, 0.3) is 0 Å². The van der Waals surface area contributed by atoms with Crippen LogP contribution in [-0.4, -0.2) is 28.8 Å². The maximum Gasteiger partial charge on any atom is 0.188 e. The number of aliphatic imine (C=N–C) groups is 1. The van der Waals surface area contributed by atoms with Crippen molar-refractivity contribution in [3.63, 3.8) is 0 Å². The molecule has 0 aliphatic heterocycles. The van der Waals surface area contributed by atoms with Gasteiger partial charge in [0.2, 0.25) is 0 Å². The Morgan fingerprint density at radius 1 is 1.35 bits per heavy atom. The van der Waals surface area contributed by atoms with Gasteiger partial charge >= 0.3 is 0 Å². The lowest BCUT2D eigenvalue weighted by molar-refractivity contribution is 0.836. The van der Waals surface area contributed by atoms with Crippen LogP contribution in [0.15, 0.2) is 47.7 Å². The molecule has 0 radical (unpaired) electrons. The summed E-state index contributed by atoms with van der Waals surface area (Å²) >= 11 is 0. The molecule has 1 aromatic heterocycles. The van der Waals surface area contributed by atoms with E-state index < -0.39 is 0 Å². The van der Waals surface area contributed by atoms with Crippen LogP contribution in [0.2, 0.25) is 0 Å². The Hall–Kier alpha value is -2.30.